The Kier molecular flexibility index (Phi) is 4.75. The van der Waals surface area contributed by atoms with E-state index in [9.17, 15) is 19.4 Å². The molecule has 1 aliphatic heterocycles. The number of aromatic nitrogens is 1. The number of aromatic hydroxyl groups is 1. The maximum absolute atomic E-state index is 13.7. The van der Waals surface area contributed by atoms with Crippen LogP contribution in [-0.4, -0.2) is 34.0 Å². The molecule has 0 bridgehead atoms. The van der Waals surface area contributed by atoms with Crippen LogP contribution in [0.1, 0.15) is 29.4 Å². The monoisotopic (exact) mass is 431 g/mol. The van der Waals surface area contributed by atoms with Crippen LogP contribution in [-0.2, 0) is 10.2 Å². The highest BCUT2D eigenvalue weighted by molar-refractivity contribution is 6.04. The number of aromatic carboxylic acids is 1. The molecular formula is C26H22FNO4. The number of benzene rings is 3. The molecule has 162 valence electrons. The summed E-state index contributed by atoms with van der Waals surface area (Å²) in [4.78, 5) is 11.4. The molecule has 4 aromatic rings. The smallest absolute Gasteiger partial charge is 0.335 e. The van der Waals surface area contributed by atoms with Crippen LogP contribution in [0.2, 0.25) is 0 Å². The lowest BCUT2D eigenvalue weighted by Gasteiger charge is -2.42. The highest BCUT2D eigenvalue weighted by Crippen LogP contribution is 2.49. The first-order valence-electron chi connectivity index (χ1n) is 10.5. The van der Waals surface area contributed by atoms with Gasteiger partial charge >= 0.3 is 5.97 Å². The van der Waals surface area contributed by atoms with Gasteiger partial charge in [-0.05, 0) is 60.5 Å². The van der Waals surface area contributed by atoms with Gasteiger partial charge < -0.3 is 19.5 Å². The lowest BCUT2D eigenvalue weighted by Crippen LogP contribution is -2.47. The Morgan fingerprint density at radius 2 is 1.75 bits per heavy atom. The number of hydrogen-bond acceptors (Lipinski definition) is 3. The molecule has 5 rings (SSSR count). The summed E-state index contributed by atoms with van der Waals surface area (Å²) in [6.45, 7) is 3.16. The first-order valence-corrected chi connectivity index (χ1v) is 10.5. The van der Waals surface area contributed by atoms with Crippen molar-refractivity contribution in [3.8, 4) is 22.6 Å². The van der Waals surface area contributed by atoms with Gasteiger partial charge in [-0.1, -0.05) is 25.1 Å². The van der Waals surface area contributed by atoms with Gasteiger partial charge in [0.1, 0.15) is 11.6 Å². The number of fused-ring (bicyclic) bond motifs is 1. The second-order valence-electron chi connectivity index (χ2n) is 8.22. The molecular weight excluding hydrogens is 409 g/mol. The van der Waals surface area contributed by atoms with Gasteiger partial charge in [0, 0.05) is 22.3 Å². The normalized spacial score (nSPS) is 14.9. The number of phenols is 1. The van der Waals surface area contributed by atoms with E-state index >= 15 is 0 Å². The van der Waals surface area contributed by atoms with E-state index in [4.69, 9.17) is 4.74 Å². The summed E-state index contributed by atoms with van der Waals surface area (Å²) in [6, 6.07) is 18.3. The Morgan fingerprint density at radius 1 is 1.06 bits per heavy atom. The zero-order valence-electron chi connectivity index (χ0n) is 17.5. The topological polar surface area (TPSA) is 71.7 Å². The van der Waals surface area contributed by atoms with Gasteiger partial charge in [-0.25, -0.2) is 9.18 Å². The SMILES string of the molecule is CCC1(c2c(-c3ccc(C(=O)O)cc3)c3c(O)cccc3n2-c2ccc(F)cc2)COC1. The van der Waals surface area contributed by atoms with Crippen molar-refractivity contribution in [2.45, 2.75) is 18.8 Å². The van der Waals surface area contributed by atoms with Crippen LogP contribution in [0.3, 0.4) is 0 Å². The maximum atomic E-state index is 13.7. The first-order chi connectivity index (χ1) is 15.4. The molecule has 2 heterocycles. The van der Waals surface area contributed by atoms with E-state index < -0.39 is 5.97 Å². The second-order valence-corrected chi connectivity index (χ2v) is 8.22. The molecule has 1 aliphatic rings. The molecule has 2 N–H and O–H groups in total. The second kappa shape index (κ2) is 7.50. The number of phenolic OH excluding ortho intramolecular Hbond substituents is 1. The van der Waals surface area contributed by atoms with Crippen molar-refractivity contribution >= 4 is 16.9 Å². The van der Waals surface area contributed by atoms with Crippen molar-refractivity contribution in [3.63, 3.8) is 0 Å². The molecule has 1 aromatic heterocycles. The van der Waals surface area contributed by atoms with Crippen molar-refractivity contribution in [1.82, 2.24) is 4.57 Å². The standard InChI is InChI=1S/C26H22FNO4/c1-2-26(14-32-15-26)24-22(16-6-8-17(9-7-16)25(30)31)23-20(4-3-5-21(23)29)28(24)19-12-10-18(27)11-13-19/h3-13,29H,2,14-15H2,1H3,(H,30,31). The third-order valence-corrected chi connectivity index (χ3v) is 6.41. The van der Waals surface area contributed by atoms with Crippen molar-refractivity contribution in [2.24, 2.45) is 0 Å². The van der Waals surface area contributed by atoms with Crippen LogP contribution in [0.15, 0.2) is 66.7 Å². The Morgan fingerprint density at radius 3 is 2.31 bits per heavy atom. The van der Waals surface area contributed by atoms with Crippen LogP contribution in [0.5, 0.6) is 5.75 Å². The summed E-state index contributed by atoms with van der Waals surface area (Å²) in [6.07, 6.45) is 0.811. The number of rotatable bonds is 5. The lowest BCUT2D eigenvalue weighted by atomic mass is 9.76. The Hall–Kier alpha value is -3.64. The quantitative estimate of drug-likeness (QED) is 0.437. The lowest BCUT2D eigenvalue weighted by molar-refractivity contribution is -0.0644. The molecule has 5 nitrogen and oxygen atoms in total. The van der Waals surface area contributed by atoms with E-state index in [2.05, 4.69) is 11.5 Å². The average molecular weight is 431 g/mol. The summed E-state index contributed by atoms with van der Waals surface area (Å²) >= 11 is 0. The zero-order valence-corrected chi connectivity index (χ0v) is 17.5. The molecule has 0 amide bonds. The van der Waals surface area contributed by atoms with Gasteiger partial charge in [-0.2, -0.15) is 0 Å². The molecule has 0 radical (unpaired) electrons. The Labute approximate surface area is 184 Å². The summed E-state index contributed by atoms with van der Waals surface area (Å²) < 4.78 is 21.4. The van der Waals surface area contributed by atoms with E-state index in [-0.39, 0.29) is 22.5 Å². The van der Waals surface area contributed by atoms with E-state index in [1.165, 1.54) is 12.1 Å². The van der Waals surface area contributed by atoms with E-state index in [0.717, 1.165) is 34.4 Å². The minimum absolute atomic E-state index is 0.133. The molecule has 0 saturated carbocycles. The van der Waals surface area contributed by atoms with Crippen LogP contribution >= 0.6 is 0 Å². The number of carboxylic acid groups (broad SMARTS) is 1. The summed E-state index contributed by atoms with van der Waals surface area (Å²) in [5.74, 6) is -1.18. The Balaban J connectivity index is 1.90. The van der Waals surface area contributed by atoms with Crippen LogP contribution in [0.4, 0.5) is 4.39 Å². The van der Waals surface area contributed by atoms with Crippen molar-refractivity contribution in [3.05, 3.63) is 83.8 Å². The van der Waals surface area contributed by atoms with Crippen molar-refractivity contribution in [1.29, 1.82) is 0 Å². The van der Waals surface area contributed by atoms with E-state index in [0.29, 0.717) is 18.6 Å². The van der Waals surface area contributed by atoms with Gasteiger partial charge in [-0.15, -0.1) is 0 Å². The average Bonchev–Trinajstić information content (AvgIpc) is 3.11. The minimum atomic E-state index is -0.995. The third-order valence-electron chi connectivity index (χ3n) is 6.41. The molecule has 0 unspecified atom stereocenters. The fraction of sp³-hybridized carbons (Fsp3) is 0.192. The van der Waals surface area contributed by atoms with Crippen LogP contribution in [0.25, 0.3) is 27.7 Å². The van der Waals surface area contributed by atoms with Crippen LogP contribution in [0, 0.1) is 5.82 Å². The van der Waals surface area contributed by atoms with E-state index in [1.54, 1.807) is 48.5 Å². The number of ether oxygens (including phenoxy) is 1. The molecule has 6 heteroatoms. The van der Waals surface area contributed by atoms with Gasteiger partial charge in [0.2, 0.25) is 0 Å². The highest BCUT2D eigenvalue weighted by Gasteiger charge is 2.44. The predicted molar refractivity (Wildman–Crippen MR) is 120 cm³/mol. The van der Waals surface area contributed by atoms with Gasteiger partial charge in [-0.3, -0.25) is 0 Å². The van der Waals surface area contributed by atoms with Gasteiger partial charge in [0.15, 0.2) is 0 Å². The van der Waals surface area contributed by atoms with Gasteiger partial charge in [0.05, 0.1) is 29.7 Å². The van der Waals surface area contributed by atoms with E-state index in [1.807, 2.05) is 6.07 Å². The maximum Gasteiger partial charge on any atom is 0.335 e. The van der Waals surface area contributed by atoms with Gasteiger partial charge in [0.25, 0.3) is 0 Å². The molecule has 3 aromatic carbocycles. The fourth-order valence-corrected chi connectivity index (χ4v) is 4.60. The number of nitrogens with zero attached hydrogens (tertiary/aromatic N) is 1. The van der Waals surface area contributed by atoms with Crippen LogP contribution < -0.4 is 0 Å². The molecule has 0 atom stereocenters. The summed E-state index contributed by atoms with van der Waals surface area (Å²) in [7, 11) is 0. The summed E-state index contributed by atoms with van der Waals surface area (Å²) in [5.41, 5.74) is 4.09. The molecule has 32 heavy (non-hydrogen) atoms. The number of carbonyl (C=O) groups is 1. The number of hydrogen-bond donors (Lipinski definition) is 2. The fourth-order valence-electron chi connectivity index (χ4n) is 4.60. The number of halogens is 1. The van der Waals surface area contributed by atoms with Crippen molar-refractivity contribution in [2.75, 3.05) is 13.2 Å². The summed E-state index contributed by atoms with van der Waals surface area (Å²) in [5, 5.41) is 20.9. The third kappa shape index (κ3) is 2.99. The number of carboxylic acids is 1. The molecule has 1 fully saturated rings. The highest BCUT2D eigenvalue weighted by atomic mass is 19.1. The largest absolute Gasteiger partial charge is 0.507 e. The Bertz CT molecular complexity index is 1310. The first kappa shape index (κ1) is 20.3. The van der Waals surface area contributed by atoms with Crippen molar-refractivity contribution < 1.29 is 24.1 Å². The zero-order chi connectivity index (χ0) is 22.5. The molecule has 0 aliphatic carbocycles. The minimum Gasteiger partial charge on any atom is -0.507 e. The predicted octanol–water partition coefficient (Wildman–Crippen LogP) is 5.52. The molecule has 0 spiro atoms. The molecule has 1 saturated heterocycles.